The molecule has 1 N–H and O–H groups in total. The van der Waals surface area contributed by atoms with Crippen molar-refractivity contribution in [2.24, 2.45) is 0 Å². The number of nitrogens with one attached hydrogen (secondary N) is 1. The Labute approximate surface area is 178 Å². The van der Waals surface area contributed by atoms with Gasteiger partial charge in [-0.05, 0) is 35.6 Å². The Hall–Kier alpha value is -2.53. The number of para-hydroxylation sites is 1. The zero-order chi connectivity index (χ0) is 21.6. The summed E-state index contributed by atoms with van der Waals surface area (Å²) in [5.74, 6) is 0.129. The van der Waals surface area contributed by atoms with E-state index in [1.165, 1.54) is 4.90 Å². The largest absolute Gasteiger partial charge is 0.483 e. The Kier molecular flexibility index (Phi) is 7.68. The molecule has 0 radical (unpaired) electrons. The molecule has 1 atom stereocenters. The van der Waals surface area contributed by atoms with E-state index in [1.807, 2.05) is 42.5 Å². The van der Waals surface area contributed by atoms with E-state index in [1.54, 1.807) is 20.0 Å². The van der Waals surface area contributed by atoms with Gasteiger partial charge in [0, 0.05) is 18.6 Å². The van der Waals surface area contributed by atoms with Crippen LogP contribution in [0, 0.1) is 0 Å². The van der Waals surface area contributed by atoms with E-state index in [0.29, 0.717) is 10.8 Å². The molecule has 0 aliphatic heterocycles. The van der Waals surface area contributed by atoms with E-state index < -0.39 is 6.04 Å². The maximum absolute atomic E-state index is 13.0. The lowest BCUT2D eigenvalue weighted by atomic mass is 9.86. The van der Waals surface area contributed by atoms with Crippen LogP contribution in [0.25, 0.3) is 0 Å². The van der Waals surface area contributed by atoms with Crippen LogP contribution < -0.4 is 10.1 Å². The molecule has 0 fully saturated rings. The molecule has 0 spiro atoms. The van der Waals surface area contributed by atoms with Gasteiger partial charge in [0.15, 0.2) is 6.61 Å². The first-order valence-corrected chi connectivity index (χ1v) is 9.99. The number of rotatable bonds is 7. The molecule has 0 aliphatic carbocycles. The molecular formula is C23H29ClN2O3. The third-order valence-corrected chi connectivity index (χ3v) is 5.13. The summed E-state index contributed by atoms with van der Waals surface area (Å²) in [7, 11) is 1.55. The third kappa shape index (κ3) is 5.97. The smallest absolute Gasteiger partial charge is 0.261 e. The molecule has 29 heavy (non-hydrogen) atoms. The highest BCUT2D eigenvalue weighted by atomic mass is 35.5. The van der Waals surface area contributed by atoms with Crippen LogP contribution in [0.4, 0.5) is 0 Å². The predicted octanol–water partition coefficient (Wildman–Crippen LogP) is 4.18. The molecule has 2 amide bonds. The number of amides is 2. The molecule has 0 saturated carbocycles. The molecule has 0 unspecified atom stereocenters. The third-order valence-electron chi connectivity index (χ3n) is 4.76. The molecular weight excluding hydrogens is 388 g/mol. The molecule has 6 heteroatoms. The molecule has 156 valence electrons. The summed E-state index contributed by atoms with van der Waals surface area (Å²) >= 11 is 6.27. The monoisotopic (exact) mass is 416 g/mol. The summed E-state index contributed by atoms with van der Waals surface area (Å²) in [5.41, 5.74) is 1.67. The number of benzene rings is 2. The summed E-state index contributed by atoms with van der Waals surface area (Å²) < 4.78 is 5.88. The van der Waals surface area contributed by atoms with Gasteiger partial charge in [0.2, 0.25) is 5.91 Å². The summed E-state index contributed by atoms with van der Waals surface area (Å²) in [5, 5.41) is 3.15. The van der Waals surface area contributed by atoms with Crippen LogP contribution in [0.5, 0.6) is 5.75 Å². The molecule has 0 bridgehead atoms. The number of hydrogen-bond acceptors (Lipinski definition) is 3. The SMILES string of the molecule is CNC(=O)[C@H](C)N(Cc1ccccc1Cl)C(=O)COc1ccccc1C(C)(C)C. The van der Waals surface area contributed by atoms with Crippen LogP contribution in [0.1, 0.15) is 38.8 Å². The van der Waals surface area contributed by atoms with Gasteiger partial charge in [-0.3, -0.25) is 9.59 Å². The van der Waals surface area contributed by atoms with Gasteiger partial charge in [-0.1, -0.05) is 68.8 Å². The average Bonchev–Trinajstić information content (AvgIpc) is 2.69. The summed E-state index contributed by atoms with van der Waals surface area (Å²) in [4.78, 5) is 26.7. The van der Waals surface area contributed by atoms with Gasteiger partial charge in [-0.15, -0.1) is 0 Å². The Morgan fingerprint density at radius 3 is 2.34 bits per heavy atom. The minimum Gasteiger partial charge on any atom is -0.483 e. The van der Waals surface area contributed by atoms with E-state index in [4.69, 9.17) is 16.3 Å². The topological polar surface area (TPSA) is 58.6 Å². The first-order valence-electron chi connectivity index (χ1n) is 9.62. The fraction of sp³-hybridized carbons (Fsp3) is 0.391. The first kappa shape index (κ1) is 22.8. The van der Waals surface area contributed by atoms with E-state index in [0.717, 1.165) is 11.1 Å². The molecule has 0 aromatic heterocycles. The van der Waals surface area contributed by atoms with Gasteiger partial charge in [0.25, 0.3) is 5.91 Å². The van der Waals surface area contributed by atoms with Crippen LogP contribution in [0.2, 0.25) is 5.02 Å². The lowest BCUT2D eigenvalue weighted by Crippen LogP contribution is -2.48. The summed E-state index contributed by atoms with van der Waals surface area (Å²) in [6.07, 6.45) is 0. The maximum atomic E-state index is 13.0. The maximum Gasteiger partial charge on any atom is 0.261 e. The van der Waals surface area contributed by atoms with E-state index in [9.17, 15) is 9.59 Å². The Morgan fingerprint density at radius 2 is 1.72 bits per heavy atom. The second-order valence-corrected chi connectivity index (χ2v) is 8.35. The van der Waals surface area contributed by atoms with Crippen LogP contribution >= 0.6 is 11.6 Å². The highest BCUT2D eigenvalue weighted by molar-refractivity contribution is 6.31. The Morgan fingerprint density at radius 1 is 1.10 bits per heavy atom. The number of nitrogens with zero attached hydrogens (tertiary/aromatic N) is 1. The number of ether oxygens (including phenoxy) is 1. The number of carbonyl (C=O) groups excluding carboxylic acids is 2. The molecule has 0 aliphatic rings. The minimum absolute atomic E-state index is 0.119. The zero-order valence-electron chi connectivity index (χ0n) is 17.7. The number of hydrogen-bond donors (Lipinski definition) is 1. The molecule has 0 saturated heterocycles. The summed E-state index contributed by atoms with van der Waals surface area (Å²) in [6, 6.07) is 14.3. The Bertz CT molecular complexity index is 861. The predicted molar refractivity (Wildman–Crippen MR) is 116 cm³/mol. The second kappa shape index (κ2) is 9.79. The van der Waals surface area contributed by atoms with Crippen molar-refractivity contribution in [3.05, 3.63) is 64.7 Å². The van der Waals surface area contributed by atoms with E-state index in [2.05, 4.69) is 26.1 Å². The molecule has 5 nitrogen and oxygen atoms in total. The lowest BCUT2D eigenvalue weighted by molar-refractivity contribution is -0.142. The van der Waals surface area contributed by atoms with Crippen molar-refractivity contribution in [2.75, 3.05) is 13.7 Å². The van der Waals surface area contributed by atoms with Gasteiger partial charge in [-0.2, -0.15) is 0 Å². The first-order chi connectivity index (χ1) is 13.6. The highest BCUT2D eigenvalue weighted by Crippen LogP contribution is 2.31. The van der Waals surface area contributed by atoms with Gasteiger partial charge in [0.1, 0.15) is 11.8 Å². The van der Waals surface area contributed by atoms with Gasteiger partial charge >= 0.3 is 0 Å². The number of likely N-dealkylation sites (N-methyl/N-ethyl adjacent to an activating group) is 1. The van der Waals surface area contributed by atoms with Crippen molar-refractivity contribution in [3.63, 3.8) is 0 Å². The molecule has 2 aromatic rings. The van der Waals surface area contributed by atoms with Gasteiger partial charge in [0.05, 0.1) is 0 Å². The van der Waals surface area contributed by atoms with Gasteiger partial charge < -0.3 is 15.0 Å². The quantitative estimate of drug-likeness (QED) is 0.736. The summed E-state index contributed by atoms with van der Waals surface area (Å²) in [6.45, 7) is 8.02. The fourth-order valence-electron chi connectivity index (χ4n) is 3.04. The van der Waals surface area contributed by atoms with Crippen molar-refractivity contribution < 1.29 is 14.3 Å². The van der Waals surface area contributed by atoms with Crippen LogP contribution in [0.3, 0.4) is 0 Å². The molecule has 0 heterocycles. The molecule has 2 aromatic carbocycles. The van der Waals surface area contributed by atoms with Crippen molar-refractivity contribution in [3.8, 4) is 5.75 Å². The number of halogens is 1. The van der Waals surface area contributed by atoms with Crippen molar-refractivity contribution >= 4 is 23.4 Å². The average molecular weight is 417 g/mol. The fourth-order valence-corrected chi connectivity index (χ4v) is 3.23. The standard InChI is InChI=1S/C23H29ClN2O3/c1-16(22(28)25-5)26(14-17-10-6-8-12-19(17)24)21(27)15-29-20-13-9-7-11-18(20)23(2,3)4/h6-13,16H,14-15H2,1-5H3,(H,25,28)/t16-/m0/s1. The minimum atomic E-state index is -0.662. The van der Waals surface area contributed by atoms with Crippen LogP contribution in [-0.4, -0.2) is 36.4 Å². The van der Waals surface area contributed by atoms with Crippen LogP contribution in [0.15, 0.2) is 48.5 Å². The highest BCUT2D eigenvalue weighted by Gasteiger charge is 2.27. The Balaban J connectivity index is 2.22. The van der Waals surface area contributed by atoms with Gasteiger partial charge in [-0.25, -0.2) is 0 Å². The second-order valence-electron chi connectivity index (χ2n) is 7.94. The van der Waals surface area contributed by atoms with E-state index >= 15 is 0 Å². The van der Waals surface area contributed by atoms with E-state index in [-0.39, 0.29) is 30.4 Å². The van der Waals surface area contributed by atoms with Crippen LogP contribution in [-0.2, 0) is 21.5 Å². The normalized spacial score (nSPS) is 12.2. The lowest BCUT2D eigenvalue weighted by Gasteiger charge is -2.29. The van der Waals surface area contributed by atoms with Crippen molar-refractivity contribution in [1.82, 2.24) is 10.2 Å². The zero-order valence-corrected chi connectivity index (χ0v) is 18.4. The molecule has 2 rings (SSSR count). The number of carbonyl (C=O) groups is 2. The van der Waals surface area contributed by atoms with Crippen molar-refractivity contribution in [1.29, 1.82) is 0 Å². The van der Waals surface area contributed by atoms with Crippen molar-refractivity contribution in [2.45, 2.75) is 45.7 Å².